The number of thiophene rings is 1. The lowest BCUT2D eigenvalue weighted by molar-refractivity contribution is 0.102. The molecule has 1 heterocycles. The highest BCUT2D eigenvalue weighted by Crippen LogP contribution is 2.52. The van der Waals surface area contributed by atoms with E-state index >= 15 is 0 Å². The molecule has 3 rings (SSSR count). The zero-order valence-electron chi connectivity index (χ0n) is 11.7. The smallest absolute Gasteiger partial charge is 0.171 e. The highest BCUT2D eigenvalue weighted by Gasteiger charge is 2.35. The second-order valence-electron chi connectivity index (χ2n) is 5.88. The minimum atomic E-state index is 0.109. The van der Waals surface area contributed by atoms with Crippen LogP contribution >= 0.6 is 11.3 Å². The van der Waals surface area contributed by atoms with Gasteiger partial charge in [0.15, 0.2) is 5.78 Å². The molecule has 0 aromatic carbocycles. The Bertz CT molecular complexity index is 500. The minimum Gasteiger partial charge on any atom is -0.397 e. The van der Waals surface area contributed by atoms with E-state index in [1.165, 1.54) is 36.2 Å². The predicted octanol–water partition coefficient (Wildman–Crippen LogP) is 3.65. The molecule has 1 aromatic rings. The lowest BCUT2D eigenvalue weighted by atomic mass is 10.1. The van der Waals surface area contributed by atoms with Gasteiger partial charge in [-0.1, -0.05) is 0 Å². The number of nitrogens with two attached hydrogens (primary N) is 1. The van der Waals surface area contributed by atoms with Crippen molar-refractivity contribution >= 4 is 27.8 Å². The van der Waals surface area contributed by atoms with Gasteiger partial charge in [0.25, 0.3) is 0 Å². The Labute approximate surface area is 118 Å². The monoisotopic (exact) mass is 278 g/mol. The van der Waals surface area contributed by atoms with Crippen LogP contribution in [0.25, 0.3) is 0 Å². The lowest BCUT2D eigenvalue weighted by Gasteiger charge is -2.23. The van der Waals surface area contributed by atoms with Gasteiger partial charge >= 0.3 is 0 Å². The molecule has 0 radical (unpaired) electrons. The summed E-state index contributed by atoms with van der Waals surface area (Å²) in [6.45, 7) is 5.96. The first-order valence-corrected chi connectivity index (χ1v) is 8.11. The Morgan fingerprint density at radius 3 is 2.53 bits per heavy atom. The van der Waals surface area contributed by atoms with Gasteiger partial charge in [-0.15, -0.1) is 11.3 Å². The van der Waals surface area contributed by atoms with Gasteiger partial charge in [-0.25, -0.2) is 0 Å². The number of hydrogen-bond donors (Lipinski definition) is 1. The number of rotatable bonds is 6. The molecule has 3 nitrogen and oxygen atoms in total. The normalized spacial score (nSPS) is 18.6. The topological polar surface area (TPSA) is 46.3 Å². The molecule has 2 N–H and O–H groups in total. The van der Waals surface area contributed by atoms with Crippen LogP contribution < -0.4 is 10.6 Å². The Kier molecular flexibility index (Phi) is 3.29. The predicted molar refractivity (Wildman–Crippen MR) is 81.3 cm³/mol. The van der Waals surface area contributed by atoms with Gasteiger partial charge in [-0.2, -0.15) is 0 Å². The van der Waals surface area contributed by atoms with Gasteiger partial charge in [0.1, 0.15) is 0 Å². The van der Waals surface area contributed by atoms with Crippen molar-refractivity contribution < 1.29 is 4.79 Å². The van der Waals surface area contributed by atoms with E-state index in [4.69, 9.17) is 5.73 Å². The van der Waals surface area contributed by atoms with Crippen molar-refractivity contribution in [1.29, 1.82) is 0 Å². The summed E-state index contributed by atoms with van der Waals surface area (Å²) in [5.41, 5.74) is 8.29. The Morgan fingerprint density at radius 2 is 2.05 bits per heavy atom. The van der Waals surface area contributed by atoms with Crippen LogP contribution in [-0.4, -0.2) is 18.9 Å². The van der Waals surface area contributed by atoms with E-state index in [0.717, 1.165) is 29.6 Å². The van der Waals surface area contributed by atoms with E-state index in [1.807, 2.05) is 0 Å². The summed E-state index contributed by atoms with van der Waals surface area (Å²) in [5.74, 6) is 1.57. The van der Waals surface area contributed by atoms with Crippen molar-refractivity contribution in [3.8, 4) is 0 Å². The number of ketones is 1. The van der Waals surface area contributed by atoms with E-state index in [-0.39, 0.29) is 5.78 Å². The number of Topliss-reactive ketones (excluding diaryl/α,β-unsaturated/α-hetero) is 1. The number of hydrogen-bond acceptors (Lipinski definition) is 4. The first-order chi connectivity index (χ1) is 9.11. The molecule has 0 spiro atoms. The van der Waals surface area contributed by atoms with Crippen LogP contribution in [-0.2, 0) is 0 Å². The number of nitrogen functional groups attached to an aromatic ring is 1. The van der Waals surface area contributed by atoms with Gasteiger partial charge in [0.2, 0.25) is 0 Å². The van der Waals surface area contributed by atoms with Gasteiger partial charge in [-0.3, -0.25) is 4.79 Å². The summed E-state index contributed by atoms with van der Waals surface area (Å²) in [7, 11) is 0. The van der Waals surface area contributed by atoms with Crippen molar-refractivity contribution in [2.24, 2.45) is 5.92 Å². The molecule has 0 atom stereocenters. The fourth-order valence-electron chi connectivity index (χ4n) is 2.67. The minimum absolute atomic E-state index is 0.109. The molecule has 2 aliphatic rings. The summed E-state index contributed by atoms with van der Waals surface area (Å²) in [6.07, 6.45) is 5.17. The van der Waals surface area contributed by atoms with Crippen LogP contribution in [0.2, 0.25) is 0 Å². The molecule has 19 heavy (non-hydrogen) atoms. The summed E-state index contributed by atoms with van der Waals surface area (Å²) in [5, 5.41) is 1.28. The van der Waals surface area contributed by atoms with E-state index in [0.29, 0.717) is 5.92 Å². The van der Waals surface area contributed by atoms with Crippen LogP contribution in [0.4, 0.5) is 10.7 Å². The largest absolute Gasteiger partial charge is 0.397 e. The van der Waals surface area contributed by atoms with Crippen LogP contribution in [0.1, 0.15) is 60.7 Å². The number of anilines is 2. The maximum atomic E-state index is 11.7. The van der Waals surface area contributed by atoms with Gasteiger partial charge in [-0.05, 0) is 44.4 Å². The maximum absolute atomic E-state index is 11.7. The van der Waals surface area contributed by atoms with Crippen molar-refractivity contribution in [3.05, 3.63) is 10.4 Å². The van der Waals surface area contributed by atoms with Crippen LogP contribution in [0.15, 0.2) is 0 Å². The van der Waals surface area contributed by atoms with Gasteiger partial charge in [0, 0.05) is 25.6 Å². The molecule has 2 saturated carbocycles. The Morgan fingerprint density at radius 1 is 1.37 bits per heavy atom. The number of carbonyl (C=O) groups excluding carboxylic acids is 1. The molecular weight excluding hydrogens is 256 g/mol. The summed E-state index contributed by atoms with van der Waals surface area (Å²) >= 11 is 1.62. The molecule has 0 saturated heterocycles. The Balaban J connectivity index is 1.97. The first-order valence-electron chi connectivity index (χ1n) is 7.29. The summed E-state index contributed by atoms with van der Waals surface area (Å²) < 4.78 is 0. The molecule has 0 unspecified atom stereocenters. The number of carbonyl (C=O) groups is 1. The average Bonchev–Trinajstić information content (AvgIpc) is 3.26. The van der Waals surface area contributed by atoms with Gasteiger partial charge < -0.3 is 10.6 Å². The zero-order chi connectivity index (χ0) is 13.6. The highest BCUT2D eigenvalue weighted by atomic mass is 32.1. The van der Waals surface area contributed by atoms with Crippen LogP contribution in [0.5, 0.6) is 0 Å². The lowest BCUT2D eigenvalue weighted by Crippen LogP contribution is -2.25. The second-order valence-corrected chi connectivity index (χ2v) is 6.88. The molecule has 0 bridgehead atoms. The van der Waals surface area contributed by atoms with Crippen LogP contribution in [0.3, 0.4) is 0 Å². The van der Waals surface area contributed by atoms with Crippen molar-refractivity contribution in [2.75, 3.05) is 23.7 Å². The van der Waals surface area contributed by atoms with E-state index in [1.54, 1.807) is 18.3 Å². The average molecular weight is 278 g/mol. The third-order valence-corrected chi connectivity index (χ3v) is 5.50. The van der Waals surface area contributed by atoms with Crippen molar-refractivity contribution in [2.45, 2.75) is 45.4 Å². The van der Waals surface area contributed by atoms with E-state index < -0.39 is 0 Å². The first kappa shape index (κ1) is 13.0. The summed E-state index contributed by atoms with van der Waals surface area (Å²) in [4.78, 5) is 14.9. The molecule has 0 aliphatic heterocycles. The third kappa shape index (κ3) is 2.50. The maximum Gasteiger partial charge on any atom is 0.171 e. The fourth-order valence-corrected chi connectivity index (χ4v) is 3.95. The van der Waals surface area contributed by atoms with Crippen LogP contribution in [0, 0.1) is 5.92 Å². The molecule has 4 heteroatoms. The van der Waals surface area contributed by atoms with Gasteiger partial charge in [0.05, 0.1) is 15.6 Å². The molecule has 2 fully saturated rings. The molecule has 2 aliphatic carbocycles. The standard InChI is InChI=1S/C15H22N2OS/c1-3-17(8-10-4-5-10)15-12(11-6-7-11)13(16)14(19-15)9(2)18/h10-11H,3-8,16H2,1-2H3. The fraction of sp³-hybridized carbons (Fsp3) is 0.667. The third-order valence-electron chi connectivity index (χ3n) is 4.11. The van der Waals surface area contributed by atoms with Crippen molar-refractivity contribution in [1.82, 2.24) is 0 Å². The zero-order valence-corrected chi connectivity index (χ0v) is 12.6. The van der Waals surface area contributed by atoms with Crippen molar-refractivity contribution in [3.63, 3.8) is 0 Å². The second kappa shape index (κ2) is 4.82. The quantitative estimate of drug-likeness (QED) is 0.808. The van der Waals surface area contributed by atoms with E-state index in [2.05, 4.69) is 11.8 Å². The molecule has 104 valence electrons. The highest BCUT2D eigenvalue weighted by molar-refractivity contribution is 7.18. The summed E-state index contributed by atoms with van der Waals surface area (Å²) in [6, 6.07) is 0. The molecular formula is C15H22N2OS. The Hall–Kier alpha value is -1.03. The number of nitrogens with zero attached hydrogens (tertiary/aromatic N) is 1. The molecule has 1 aromatic heterocycles. The molecule has 0 amide bonds. The SMILES string of the molecule is CCN(CC1CC1)c1sc(C(C)=O)c(N)c1C1CC1. The van der Waals surface area contributed by atoms with E-state index in [9.17, 15) is 4.79 Å².